The minimum Gasteiger partial charge on any atom is -0.396 e. The molecule has 2 nitrogen and oxygen atoms in total. The van der Waals surface area contributed by atoms with Gasteiger partial charge in [0, 0.05) is 18.9 Å². The molecule has 72 valence electrons. The number of aliphatic hydroxyl groups excluding tert-OH is 1. The fraction of sp³-hybridized carbons (Fsp3) is 0.900. The second-order valence-corrected chi connectivity index (χ2v) is 3.82. The van der Waals surface area contributed by atoms with Crippen LogP contribution in [0.15, 0.2) is 0 Å². The Labute approximate surface area is 75.0 Å². The Morgan fingerprint density at radius 1 is 1.33 bits per heavy atom. The van der Waals surface area contributed by atoms with E-state index in [4.69, 9.17) is 5.11 Å². The van der Waals surface area contributed by atoms with Crippen molar-refractivity contribution in [3.05, 3.63) is 0 Å². The number of carbonyl (C=O) groups excluding carboxylic acids is 1. The van der Waals surface area contributed by atoms with Crippen LogP contribution in [-0.2, 0) is 4.79 Å². The molecule has 0 aliphatic carbocycles. The van der Waals surface area contributed by atoms with Crippen LogP contribution in [0.3, 0.4) is 0 Å². The Balaban J connectivity index is 3.61. The number of ketones is 1. The number of hydrogen-bond donors (Lipinski definition) is 1. The standard InChI is InChI=1S/C10H20O2/c1-8(2)7-9(3)10(12)5-4-6-11/h8-9,11H,4-7H2,1-3H3. The molecule has 0 amide bonds. The largest absolute Gasteiger partial charge is 0.396 e. The van der Waals surface area contributed by atoms with E-state index in [-0.39, 0.29) is 18.3 Å². The molecular weight excluding hydrogens is 152 g/mol. The van der Waals surface area contributed by atoms with Crippen LogP contribution >= 0.6 is 0 Å². The summed E-state index contributed by atoms with van der Waals surface area (Å²) in [6.07, 6.45) is 2.11. The van der Waals surface area contributed by atoms with Crippen LogP contribution in [-0.4, -0.2) is 17.5 Å². The zero-order valence-electron chi connectivity index (χ0n) is 8.34. The maximum atomic E-state index is 11.3. The fourth-order valence-electron chi connectivity index (χ4n) is 1.34. The molecular formula is C10H20O2. The Kier molecular flexibility index (Phi) is 5.99. The molecule has 1 unspecified atom stereocenters. The molecule has 0 radical (unpaired) electrons. The SMILES string of the molecule is CC(C)CC(C)C(=O)CCCO. The molecule has 0 aromatic heterocycles. The average Bonchev–Trinajstić information content (AvgIpc) is 1.98. The van der Waals surface area contributed by atoms with Crippen LogP contribution < -0.4 is 0 Å². The summed E-state index contributed by atoms with van der Waals surface area (Å²) in [7, 11) is 0. The molecule has 0 spiro atoms. The number of aliphatic hydroxyl groups is 1. The van der Waals surface area contributed by atoms with Gasteiger partial charge in [0.15, 0.2) is 0 Å². The number of Topliss-reactive ketones (excluding diaryl/α,β-unsaturated/α-hetero) is 1. The van der Waals surface area contributed by atoms with Gasteiger partial charge >= 0.3 is 0 Å². The van der Waals surface area contributed by atoms with Gasteiger partial charge in [0.2, 0.25) is 0 Å². The van der Waals surface area contributed by atoms with Gasteiger partial charge in [-0.3, -0.25) is 4.79 Å². The van der Waals surface area contributed by atoms with Crippen LogP contribution in [0.2, 0.25) is 0 Å². The third kappa shape index (κ3) is 5.30. The Morgan fingerprint density at radius 3 is 2.33 bits per heavy atom. The van der Waals surface area contributed by atoms with Gasteiger partial charge < -0.3 is 5.11 Å². The molecule has 0 aliphatic heterocycles. The molecule has 0 saturated heterocycles. The van der Waals surface area contributed by atoms with E-state index in [0.717, 1.165) is 6.42 Å². The molecule has 0 rings (SSSR count). The van der Waals surface area contributed by atoms with Crippen molar-refractivity contribution in [1.29, 1.82) is 0 Å². The first-order valence-electron chi connectivity index (χ1n) is 4.71. The zero-order chi connectivity index (χ0) is 9.56. The van der Waals surface area contributed by atoms with Gasteiger partial charge in [-0.25, -0.2) is 0 Å². The van der Waals surface area contributed by atoms with E-state index in [1.54, 1.807) is 0 Å². The molecule has 1 N–H and O–H groups in total. The third-order valence-electron chi connectivity index (χ3n) is 1.96. The van der Waals surface area contributed by atoms with Crippen molar-refractivity contribution in [2.75, 3.05) is 6.61 Å². The first-order valence-corrected chi connectivity index (χ1v) is 4.71. The highest BCUT2D eigenvalue weighted by molar-refractivity contribution is 5.80. The molecule has 0 heterocycles. The van der Waals surface area contributed by atoms with Crippen molar-refractivity contribution in [1.82, 2.24) is 0 Å². The summed E-state index contributed by atoms with van der Waals surface area (Å²) in [4.78, 5) is 11.3. The van der Waals surface area contributed by atoms with Crippen molar-refractivity contribution < 1.29 is 9.90 Å². The lowest BCUT2D eigenvalue weighted by atomic mass is 9.93. The van der Waals surface area contributed by atoms with Gasteiger partial charge in [0.25, 0.3) is 0 Å². The lowest BCUT2D eigenvalue weighted by Crippen LogP contribution is -2.13. The zero-order valence-corrected chi connectivity index (χ0v) is 8.34. The van der Waals surface area contributed by atoms with Crippen LogP contribution in [0, 0.1) is 11.8 Å². The predicted octanol–water partition coefficient (Wildman–Crippen LogP) is 2.01. The first-order chi connectivity index (χ1) is 5.57. The topological polar surface area (TPSA) is 37.3 Å². The second kappa shape index (κ2) is 6.18. The fourth-order valence-corrected chi connectivity index (χ4v) is 1.34. The van der Waals surface area contributed by atoms with E-state index in [9.17, 15) is 4.79 Å². The molecule has 0 aromatic carbocycles. The molecule has 0 fully saturated rings. The Hall–Kier alpha value is -0.370. The molecule has 0 aromatic rings. The minimum absolute atomic E-state index is 0.125. The molecule has 2 heteroatoms. The second-order valence-electron chi connectivity index (χ2n) is 3.82. The quantitative estimate of drug-likeness (QED) is 0.665. The molecule has 1 atom stereocenters. The van der Waals surface area contributed by atoms with Gasteiger partial charge in [-0.05, 0) is 18.8 Å². The monoisotopic (exact) mass is 172 g/mol. The number of hydrogen-bond acceptors (Lipinski definition) is 2. The van der Waals surface area contributed by atoms with E-state index in [0.29, 0.717) is 18.8 Å². The van der Waals surface area contributed by atoms with E-state index in [2.05, 4.69) is 13.8 Å². The van der Waals surface area contributed by atoms with Crippen LogP contribution in [0.5, 0.6) is 0 Å². The van der Waals surface area contributed by atoms with Gasteiger partial charge in [0.1, 0.15) is 5.78 Å². The third-order valence-corrected chi connectivity index (χ3v) is 1.96. The highest BCUT2D eigenvalue weighted by atomic mass is 16.3. The lowest BCUT2D eigenvalue weighted by Gasteiger charge is -2.11. The van der Waals surface area contributed by atoms with Crippen LogP contribution in [0.25, 0.3) is 0 Å². The number of carbonyl (C=O) groups is 1. The van der Waals surface area contributed by atoms with E-state index in [1.165, 1.54) is 0 Å². The number of rotatable bonds is 6. The van der Waals surface area contributed by atoms with E-state index >= 15 is 0 Å². The molecule has 12 heavy (non-hydrogen) atoms. The van der Waals surface area contributed by atoms with E-state index in [1.807, 2.05) is 6.92 Å². The van der Waals surface area contributed by atoms with Crippen molar-refractivity contribution in [3.63, 3.8) is 0 Å². The smallest absolute Gasteiger partial charge is 0.135 e. The summed E-state index contributed by atoms with van der Waals surface area (Å²) in [6, 6.07) is 0. The van der Waals surface area contributed by atoms with Gasteiger partial charge in [-0.15, -0.1) is 0 Å². The van der Waals surface area contributed by atoms with Gasteiger partial charge in [-0.2, -0.15) is 0 Å². The molecule has 0 bridgehead atoms. The van der Waals surface area contributed by atoms with Crippen LogP contribution in [0.4, 0.5) is 0 Å². The van der Waals surface area contributed by atoms with Crippen LogP contribution in [0.1, 0.15) is 40.0 Å². The summed E-state index contributed by atoms with van der Waals surface area (Å²) in [5.74, 6) is 1.03. The summed E-state index contributed by atoms with van der Waals surface area (Å²) in [5, 5.41) is 8.53. The molecule has 0 saturated carbocycles. The van der Waals surface area contributed by atoms with Crippen molar-refractivity contribution in [2.45, 2.75) is 40.0 Å². The summed E-state index contributed by atoms with van der Waals surface area (Å²) in [5.41, 5.74) is 0. The highest BCUT2D eigenvalue weighted by Gasteiger charge is 2.13. The lowest BCUT2D eigenvalue weighted by molar-refractivity contribution is -0.123. The van der Waals surface area contributed by atoms with Gasteiger partial charge in [0.05, 0.1) is 0 Å². The summed E-state index contributed by atoms with van der Waals surface area (Å²) < 4.78 is 0. The van der Waals surface area contributed by atoms with Gasteiger partial charge in [-0.1, -0.05) is 20.8 Å². The normalized spacial score (nSPS) is 13.4. The maximum absolute atomic E-state index is 11.3. The predicted molar refractivity (Wildman–Crippen MR) is 49.9 cm³/mol. The summed E-state index contributed by atoms with van der Waals surface area (Å²) >= 11 is 0. The first kappa shape index (κ1) is 11.6. The Bertz CT molecular complexity index is 130. The maximum Gasteiger partial charge on any atom is 0.135 e. The van der Waals surface area contributed by atoms with Crippen molar-refractivity contribution in [3.8, 4) is 0 Å². The Morgan fingerprint density at radius 2 is 1.92 bits per heavy atom. The van der Waals surface area contributed by atoms with E-state index < -0.39 is 0 Å². The van der Waals surface area contributed by atoms with Crippen molar-refractivity contribution >= 4 is 5.78 Å². The molecule has 0 aliphatic rings. The summed E-state index contributed by atoms with van der Waals surface area (Å²) in [6.45, 7) is 6.34. The minimum atomic E-state index is 0.125. The highest BCUT2D eigenvalue weighted by Crippen LogP contribution is 2.13. The average molecular weight is 172 g/mol. The van der Waals surface area contributed by atoms with Crippen molar-refractivity contribution in [2.24, 2.45) is 11.8 Å².